The summed E-state index contributed by atoms with van der Waals surface area (Å²) in [5, 5.41) is 0. The molecule has 1 amide bonds. The zero-order chi connectivity index (χ0) is 15.6. The molecule has 5 nitrogen and oxygen atoms in total. The molecule has 0 fully saturated rings. The van der Waals surface area contributed by atoms with Gasteiger partial charge in [0.15, 0.2) is 0 Å². The van der Waals surface area contributed by atoms with Crippen LogP contribution in [0, 0.1) is 0 Å². The third-order valence-corrected chi connectivity index (χ3v) is 5.32. The molecule has 0 aliphatic heterocycles. The molecule has 22 heavy (non-hydrogen) atoms. The molecule has 0 radical (unpaired) electrons. The maximum absolute atomic E-state index is 12.1. The van der Waals surface area contributed by atoms with Gasteiger partial charge in [0.25, 0.3) is 15.9 Å². The van der Waals surface area contributed by atoms with Crippen LogP contribution in [-0.2, 0) is 10.0 Å². The molecule has 0 spiro atoms. The molecular weight excluding hydrogens is 322 g/mol. The highest BCUT2D eigenvalue weighted by molar-refractivity contribution is 7.90. The van der Waals surface area contributed by atoms with E-state index in [9.17, 15) is 13.2 Å². The molecule has 2 aromatic heterocycles. The van der Waals surface area contributed by atoms with Crippen molar-refractivity contribution in [1.29, 1.82) is 0 Å². The van der Waals surface area contributed by atoms with E-state index in [1.54, 1.807) is 42.5 Å². The van der Waals surface area contributed by atoms with E-state index in [4.69, 9.17) is 4.42 Å². The molecule has 7 heteroatoms. The van der Waals surface area contributed by atoms with Gasteiger partial charge in [-0.25, -0.2) is 13.1 Å². The van der Waals surface area contributed by atoms with Crippen molar-refractivity contribution in [2.75, 3.05) is 0 Å². The van der Waals surface area contributed by atoms with Crippen molar-refractivity contribution in [3.8, 4) is 10.6 Å². The molecular formula is C15H11NO4S2. The van der Waals surface area contributed by atoms with Gasteiger partial charge >= 0.3 is 0 Å². The van der Waals surface area contributed by atoms with Crippen LogP contribution in [0.15, 0.2) is 70.2 Å². The summed E-state index contributed by atoms with van der Waals surface area (Å²) in [4.78, 5) is 13.2. The number of hydrogen-bond donors (Lipinski definition) is 1. The lowest BCUT2D eigenvalue weighted by molar-refractivity contribution is 0.0985. The van der Waals surface area contributed by atoms with Crippen molar-refractivity contribution in [2.45, 2.75) is 4.90 Å². The first-order chi connectivity index (χ1) is 10.6. The summed E-state index contributed by atoms with van der Waals surface area (Å²) in [6.45, 7) is 0. The standard InChI is InChI=1S/C15H11NO4S2/c17-15(16-22(18,19)11-5-2-1-3-6-11)14-9-8-13(21-14)12-7-4-10-20-12/h1-10H,(H,16,17). The van der Waals surface area contributed by atoms with Crippen LogP contribution >= 0.6 is 11.3 Å². The fraction of sp³-hybridized carbons (Fsp3) is 0. The van der Waals surface area contributed by atoms with Crippen LogP contribution in [0.25, 0.3) is 10.6 Å². The highest BCUT2D eigenvalue weighted by Gasteiger charge is 2.20. The number of carbonyl (C=O) groups is 1. The van der Waals surface area contributed by atoms with Gasteiger partial charge < -0.3 is 4.42 Å². The average molecular weight is 333 g/mol. The lowest BCUT2D eigenvalue weighted by Gasteiger charge is -2.05. The van der Waals surface area contributed by atoms with Gasteiger partial charge in [-0.2, -0.15) is 0 Å². The number of carbonyl (C=O) groups excluding carboxylic acids is 1. The Balaban J connectivity index is 1.81. The fourth-order valence-electron chi connectivity index (χ4n) is 1.84. The third kappa shape index (κ3) is 2.95. The second-order valence-corrected chi connectivity index (χ2v) is 7.16. The molecule has 0 unspecified atom stereocenters. The summed E-state index contributed by atoms with van der Waals surface area (Å²) < 4.78 is 31.5. The Morgan fingerprint density at radius 2 is 1.77 bits per heavy atom. The Bertz CT molecular complexity index is 881. The van der Waals surface area contributed by atoms with E-state index in [1.165, 1.54) is 18.4 Å². The molecule has 3 rings (SSSR count). The van der Waals surface area contributed by atoms with E-state index < -0.39 is 15.9 Å². The molecule has 0 saturated carbocycles. The topological polar surface area (TPSA) is 76.4 Å². The highest BCUT2D eigenvalue weighted by Crippen LogP contribution is 2.28. The van der Waals surface area contributed by atoms with Crippen molar-refractivity contribution < 1.29 is 17.6 Å². The summed E-state index contributed by atoms with van der Waals surface area (Å²) in [6.07, 6.45) is 1.54. The van der Waals surface area contributed by atoms with Crippen LogP contribution in [0.4, 0.5) is 0 Å². The number of thiophene rings is 1. The van der Waals surface area contributed by atoms with Gasteiger partial charge in [0.2, 0.25) is 0 Å². The van der Waals surface area contributed by atoms with Gasteiger partial charge in [-0.05, 0) is 36.4 Å². The van der Waals surface area contributed by atoms with E-state index in [0.717, 1.165) is 16.2 Å². The number of amides is 1. The van der Waals surface area contributed by atoms with Gasteiger partial charge in [-0.15, -0.1) is 11.3 Å². The monoisotopic (exact) mass is 333 g/mol. The normalized spacial score (nSPS) is 11.3. The lowest BCUT2D eigenvalue weighted by atomic mass is 10.3. The number of rotatable bonds is 4. The SMILES string of the molecule is O=C(NS(=O)(=O)c1ccccc1)c1ccc(-c2ccco2)s1. The molecule has 2 heterocycles. The van der Waals surface area contributed by atoms with E-state index in [2.05, 4.69) is 4.72 Å². The van der Waals surface area contributed by atoms with Crippen LogP contribution in [0.2, 0.25) is 0 Å². The maximum Gasteiger partial charge on any atom is 0.275 e. The number of hydrogen-bond acceptors (Lipinski definition) is 5. The van der Waals surface area contributed by atoms with Crippen LogP contribution in [0.5, 0.6) is 0 Å². The minimum Gasteiger partial charge on any atom is -0.464 e. The number of sulfonamides is 1. The third-order valence-electron chi connectivity index (χ3n) is 2.87. The summed E-state index contributed by atoms with van der Waals surface area (Å²) in [6, 6.07) is 14.6. The maximum atomic E-state index is 12.1. The van der Waals surface area contributed by atoms with Gasteiger partial charge in [0, 0.05) is 0 Å². The van der Waals surface area contributed by atoms with Gasteiger partial charge in [-0.3, -0.25) is 4.79 Å². The van der Waals surface area contributed by atoms with E-state index >= 15 is 0 Å². The first-order valence-corrected chi connectivity index (χ1v) is 8.62. The molecule has 112 valence electrons. The van der Waals surface area contributed by atoms with Gasteiger partial charge in [-0.1, -0.05) is 18.2 Å². The highest BCUT2D eigenvalue weighted by atomic mass is 32.2. The molecule has 1 N–H and O–H groups in total. The Kier molecular flexibility index (Phi) is 3.82. The second kappa shape index (κ2) is 5.78. The first-order valence-electron chi connectivity index (χ1n) is 6.32. The number of benzene rings is 1. The summed E-state index contributed by atoms with van der Waals surface area (Å²) >= 11 is 1.16. The summed E-state index contributed by atoms with van der Waals surface area (Å²) in [5.41, 5.74) is 0. The van der Waals surface area contributed by atoms with Crippen LogP contribution in [0.3, 0.4) is 0 Å². The molecule has 0 saturated heterocycles. The van der Waals surface area contributed by atoms with Gasteiger partial charge in [0.05, 0.1) is 20.9 Å². The number of furan rings is 1. The molecule has 0 aliphatic rings. The fourth-order valence-corrected chi connectivity index (χ4v) is 3.76. The van der Waals surface area contributed by atoms with Crippen LogP contribution in [0.1, 0.15) is 9.67 Å². The zero-order valence-corrected chi connectivity index (χ0v) is 12.9. The predicted molar refractivity (Wildman–Crippen MR) is 83.1 cm³/mol. The second-order valence-electron chi connectivity index (χ2n) is 4.39. The lowest BCUT2D eigenvalue weighted by Crippen LogP contribution is -2.29. The Morgan fingerprint density at radius 3 is 2.45 bits per heavy atom. The van der Waals surface area contributed by atoms with E-state index in [0.29, 0.717) is 10.6 Å². The molecule has 0 atom stereocenters. The summed E-state index contributed by atoms with van der Waals surface area (Å²) in [7, 11) is -3.87. The van der Waals surface area contributed by atoms with Gasteiger partial charge in [0.1, 0.15) is 5.76 Å². The summed E-state index contributed by atoms with van der Waals surface area (Å²) in [5.74, 6) is -0.0263. The van der Waals surface area contributed by atoms with Crippen molar-refractivity contribution in [2.24, 2.45) is 0 Å². The van der Waals surface area contributed by atoms with Crippen LogP contribution < -0.4 is 4.72 Å². The van der Waals surface area contributed by atoms with E-state index in [-0.39, 0.29) is 4.90 Å². The number of nitrogens with one attached hydrogen (secondary N) is 1. The molecule has 0 aliphatic carbocycles. The minimum atomic E-state index is -3.87. The quantitative estimate of drug-likeness (QED) is 0.796. The average Bonchev–Trinajstić information content (AvgIpc) is 3.19. The first kappa shape index (κ1) is 14.6. The van der Waals surface area contributed by atoms with Crippen molar-refractivity contribution in [3.63, 3.8) is 0 Å². The smallest absolute Gasteiger partial charge is 0.275 e. The molecule has 0 bridgehead atoms. The van der Waals surface area contributed by atoms with E-state index in [1.807, 2.05) is 0 Å². The van der Waals surface area contributed by atoms with Crippen molar-refractivity contribution in [3.05, 3.63) is 65.7 Å². The van der Waals surface area contributed by atoms with Crippen molar-refractivity contribution in [1.82, 2.24) is 4.72 Å². The Labute approximate surface area is 131 Å². The Hall–Kier alpha value is -2.38. The minimum absolute atomic E-state index is 0.0474. The van der Waals surface area contributed by atoms with Crippen molar-refractivity contribution >= 4 is 27.3 Å². The Morgan fingerprint density at radius 1 is 1.00 bits per heavy atom. The molecule has 3 aromatic rings. The van der Waals surface area contributed by atoms with Crippen LogP contribution in [-0.4, -0.2) is 14.3 Å². The predicted octanol–water partition coefficient (Wildman–Crippen LogP) is 3.13. The zero-order valence-electron chi connectivity index (χ0n) is 11.2. The molecule has 1 aromatic carbocycles. The largest absolute Gasteiger partial charge is 0.464 e.